The average Bonchev–Trinajstić information content (AvgIpc) is 2.59. The van der Waals surface area contributed by atoms with Crippen molar-refractivity contribution >= 4 is 11.5 Å². The van der Waals surface area contributed by atoms with Gasteiger partial charge in [-0.1, -0.05) is 0 Å². The molecule has 0 aliphatic rings. The van der Waals surface area contributed by atoms with Gasteiger partial charge in [-0.25, -0.2) is 4.98 Å². The van der Waals surface area contributed by atoms with Gasteiger partial charge in [0.25, 0.3) is 0 Å². The molecule has 10 heavy (non-hydrogen) atoms. The van der Waals surface area contributed by atoms with Crippen molar-refractivity contribution in [1.82, 2.24) is 19.7 Å². The minimum atomic E-state index is 0.561. The maximum Gasteiger partial charge on any atom is 0.196 e. The molecule has 0 atom stereocenters. The summed E-state index contributed by atoms with van der Waals surface area (Å²) in [4.78, 5) is 3.90. The van der Waals surface area contributed by atoms with E-state index in [4.69, 9.17) is 0 Å². The molecule has 5 nitrogen and oxygen atoms in total. The SMILES string of the molecule is c1nc(-c2conn2)ns1. The Morgan fingerprint density at radius 3 is 3.10 bits per heavy atom. The van der Waals surface area contributed by atoms with Crippen molar-refractivity contribution in [3.05, 3.63) is 11.8 Å². The van der Waals surface area contributed by atoms with Gasteiger partial charge in [-0.05, 0) is 11.5 Å². The third kappa shape index (κ3) is 0.781. The van der Waals surface area contributed by atoms with Crippen LogP contribution in [0, 0.1) is 0 Å². The topological polar surface area (TPSA) is 64.7 Å². The number of hydrogen-bond donors (Lipinski definition) is 0. The molecule has 0 saturated carbocycles. The van der Waals surface area contributed by atoms with Crippen molar-refractivity contribution in [2.24, 2.45) is 0 Å². The Balaban J connectivity index is 2.48. The normalized spacial score (nSPS) is 10.0. The Labute approximate surface area is 59.9 Å². The van der Waals surface area contributed by atoms with Crippen LogP contribution in [0.2, 0.25) is 0 Å². The van der Waals surface area contributed by atoms with Gasteiger partial charge in [-0.15, -0.1) is 5.10 Å². The van der Waals surface area contributed by atoms with Gasteiger partial charge in [0, 0.05) is 5.27 Å². The molecule has 0 spiro atoms. The molecule has 0 bridgehead atoms. The summed E-state index contributed by atoms with van der Waals surface area (Å²) >= 11 is 1.27. The molecule has 50 valence electrons. The van der Waals surface area contributed by atoms with Crippen LogP contribution in [-0.4, -0.2) is 19.7 Å². The Hall–Kier alpha value is -1.30. The van der Waals surface area contributed by atoms with Crippen molar-refractivity contribution in [3.63, 3.8) is 0 Å². The lowest BCUT2D eigenvalue weighted by atomic mass is 10.5. The Morgan fingerprint density at radius 2 is 2.50 bits per heavy atom. The van der Waals surface area contributed by atoms with Crippen LogP contribution in [0.25, 0.3) is 11.5 Å². The van der Waals surface area contributed by atoms with Crippen LogP contribution in [0.5, 0.6) is 0 Å². The Bertz CT molecular complexity index is 257. The molecule has 6 heteroatoms. The molecule has 0 aromatic carbocycles. The minimum absolute atomic E-state index is 0.561. The lowest BCUT2D eigenvalue weighted by molar-refractivity contribution is 0.393. The third-order valence-electron chi connectivity index (χ3n) is 0.950. The van der Waals surface area contributed by atoms with Crippen molar-refractivity contribution in [2.45, 2.75) is 0 Å². The quantitative estimate of drug-likeness (QED) is 0.601. The first-order valence-electron chi connectivity index (χ1n) is 2.50. The number of nitrogens with zero attached hydrogens (tertiary/aromatic N) is 4. The number of rotatable bonds is 1. The number of aromatic nitrogens is 4. The number of hydrogen-bond acceptors (Lipinski definition) is 6. The summed E-state index contributed by atoms with van der Waals surface area (Å²) in [6, 6.07) is 0. The first-order chi connectivity index (χ1) is 4.97. The van der Waals surface area contributed by atoms with E-state index in [2.05, 4.69) is 24.3 Å². The van der Waals surface area contributed by atoms with Crippen LogP contribution in [0.1, 0.15) is 0 Å². The molecular formula is C4H2N4OS. The first-order valence-corrected chi connectivity index (χ1v) is 3.34. The molecule has 0 amide bonds. The molecule has 0 aliphatic carbocycles. The molecular weight excluding hydrogens is 152 g/mol. The van der Waals surface area contributed by atoms with Crippen LogP contribution in [-0.2, 0) is 0 Å². The van der Waals surface area contributed by atoms with Crippen LogP contribution < -0.4 is 0 Å². The maximum atomic E-state index is 4.50. The zero-order valence-electron chi connectivity index (χ0n) is 4.76. The molecule has 0 aliphatic heterocycles. The van der Waals surface area contributed by atoms with E-state index in [1.54, 1.807) is 5.51 Å². The first kappa shape index (κ1) is 5.48. The van der Waals surface area contributed by atoms with Gasteiger partial charge in [0.1, 0.15) is 5.51 Å². The molecule has 2 aromatic heterocycles. The lowest BCUT2D eigenvalue weighted by Gasteiger charge is -1.77. The van der Waals surface area contributed by atoms with Gasteiger partial charge in [0.05, 0.1) is 0 Å². The van der Waals surface area contributed by atoms with Gasteiger partial charge in [-0.2, -0.15) is 4.37 Å². The predicted octanol–water partition coefficient (Wildman–Crippen LogP) is 0.588. The van der Waals surface area contributed by atoms with Crippen molar-refractivity contribution < 1.29 is 4.52 Å². The average molecular weight is 154 g/mol. The molecule has 0 N–H and O–H groups in total. The van der Waals surface area contributed by atoms with Crippen molar-refractivity contribution in [1.29, 1.82) is 0 Å². The second-order valence-corrected chi connectivity index (χ2v) is 2.15. The zero-order valence-corrected chi connectivity index (χ0v) is 5.58. The second kappa shape index (κ2) is 2.14. The monoisotopic (exact) mass is 154 g/mol. The molecule has 0 fully saturated rings. The molecule has 2 rings (SSSR count). The van der Waals surface area contributed by atoms with E-state index in [-0.39, 0.29) is 0 Å². The van der Waals surface area contributed by atoms with Gasteiger partial charge >= 0.3 is 0 Å². The fourth-order valence-electron chi connectivity index (χ4n) is 0.545. The van der Waals surface area contributed by atoms with Crippen LogP contribution in [0.15, 0.2) is 16.3 Å². The highest BCUT2D eigenvalue weighted by Gasteiger charge is 2.03. The Kier molecular flexibility index (Phi) is 1.17. The van der Waals surface area contributed by atoms with Crippen LogP contribution >= 0.6 is 11.5 Å². The maximum absolute atomic E-state index is 4.50. The molecule has 0 unspecified atom stereocenters. The van der Waals surface area contributed by atoms with Gasteiger partial charge in [0.2, 0.25) is 0 Å². The summed E-state index contributed by atoms with van der Waals surface area (Å²) in [7, 11) is 0. The Morgan fingerprint density at radius 1 is 1.50 bits per heavy atom. The highest BCUT2D eigenvalue weighted by Crippen LogP contribution is 2.09. The van der Waals surface area contributed by atoms with Crippen LogP contribution in [0.4, 0.5) is 0 Å². The van der Waals surface area contributed by atoms with Crippen molar-refractivity contribution in [3.8, 4) is 11.5 Å². The molecule has 0 saturated heterocycles. The van der Waals surface area contributed by atoms with Crippen molar-refractivity contribution in [2.75, 3.05) is 0 Å². The summed E-state index contributed by atoms with van der Waals surface area (Å²) in [6.07, 6.45) is 1.40. The van der Waals surface area contributed by atoms with E-state index >= 15 is 0 Å². The van der Waals surface area contributed by atoms with Gasteiger partial charge < -0.3 is 4.52 Å². The van der Waals surface area contributed by atoms with Gasteiger partial charge in [-0.3, -0.25) is 0 Å². The highest BCUT2D eigenvalue weighted by molar-refractivity contribution is 7.03. The fraction of sp³-hybridized carbons (Fsp3) is 0. The summed E-state index contributed by atoms with van der Waals surface area (Å²) in [5.74, 6) is 0.561. The van der Waals surface area contributed by atoms with Gasteiger partial charge in [0.15, 0.2) is 17.8 Å². The predicted molar refractivity (Wildman–Crippen MR) is 33.2 cm³/mol. The molecule has 2 heterocycles. The third-order valence-corrected chi connectivity index (χ3v) is 1.43. The van der Waals surface area contributed by atoms with E-state index < -0.39 is 0 Å². The summed E-state index contributed by atoms with van der Waals surface area (Å²) in [5, 5.41) is 6.90. The molecule has 2 aromatic rings. The van der Waals surface area contributed by atoms with Crippen LogP contribution in [0.3, 0.4) is 0 Å². The van der Waals surface area contributed by atoms with E-state index in [9.17, 15) is 0 Å². The second-order valence-electron chi connectivity index (χ2n) is 1.54. The van der Waals surface area contributed by atoms with E-state index in [0.717, 1.165) is 0 Å². The molecule has 0 radical (unpaired) electrons. The zero-order chi connectivity index (χ0) is 6.81. The largest absolute Gasteiger partial charge is 0.345 e. The smallest absolute Gasteiger partial charge is 0.196 e. The summed E-state index contributed by atoms with van der Waals surface area (Å²) < 4.78 is 8.43. The van der Waals surface area contributed by atoms with E-state index in [1.807, 2.05) is 0 Å². The van der Waals surface area contributed by atoms with E-state index in [1.165, 1.54) is 17.8 Å². The lowest BCUT2D eigenvalue weighted by Crippen LogP contribution is -1.78. The standard InChI is InChI=1S/C4H2N4OS/c1-3(6-8-9-1)4-5-2-10-7-4/h1-2H. The highest BCUT2D eigenvalue weighted by atomic mass is 32.1. The fourth-order valence-corrected chi connectivity index (χ4v) is 0.980. The minimum Gasteiger partial charge on any atom is -0.345 e. The summed E-state index contributed by atoms with van der Waals surface area (Å²) in [5.41, 5.74) is 2.20. The van der Waals surface area contributed by atoms with E-state index in [0.29, 0.717) is 11.5 Å². The summed E-state index contributed by atoms with van der Waals surface area (Å²) in [6.45, 7) is 0.